The minimum absolute atomic E-state index is 0.186. The van der Waals surface area contributed by atoms with Crippen LogP contribution in [-0.2, 0) is 6.42 Å². The summed E-state index contributed by atoms with van der Waals surface area (Å²) in [6, 6.07) is 24.2. The van der Waals surface area contributed by atoms with E-state index >= 15 is 0 Å². The minimum atomic E-state index is -0.186. The van der Waals surface area contributed by atoms with E-state index in [1.165, 1.54) is 29.2 Å². The van der Waals surface area contributed by atoms with Crippen molar-refractivity contribution in [3.8, 4) is 11.1 Å². The van der Waals surface area contributed by atoms with E-state index in [-0.39, 0.29) is 5.82 Å². The van der Waals surface area contributed by atoms with E-state index in [9.17, 15) is 4.39 Å². The van der Waals surface area contributed by atoms with Crippen molar-refractivity contribution in [2.75, 3.05) is 0 Å². The minimum Gasteiger partial charge on any atom is -0.207 e. The third kappa shape index (κ3) is 5.10. The average Bonchev–Trinajstić information content (AvgIpc) is 2.76. The molecule has 0 nitrogen and oxygen atoms in total. The lowest BCUT2D eigenvalue weighted by Crippen LogP contribution is -2.17. The monoisotopic (exact) mass is 376 g/mol. The Morgan fingerprint density at radius 1 is 0.750 bits per heavy atom. The highest BCUT2D eigenvalue weighted by Crippen LogP contribution is 2.40. The summed E-state index contributed by atoms with van der Waals surface area (Å²) in [4.78, 5) is 0. The molecule has 3 aromatic rings. The molecule has 3 aromatic carbocycles. The molecule has 0 fully saturated rings. The predicted octanol–water partition coefficient (Wildman–Crippen LogP) is 8.26. The molecule has 4 rings (SSSR count). The molecular weight excluding hydrogens is 343 g/mol. The molecular formula is C27H33F. The molecule has 1 aliphatic rings. The number of hydrogen-bond acceptors (Lipinski definition) is 0. The van der Waals surface area contributed by atoms with Gasteiger partial charge in [0.25, 0.3) is 0 Å². The van der Waals surface area contributed by atoms with E-state index in [4.69, 9.17) is 0 Å². The van der Waals surface area contributed by atoms with Crippen molar-refractivity contribution in [3.63, 3.8) is 0 Å². The molecule has 0 spiro atoms. The van der Waals surface area contributed by atoms with Gasteiger partial charge < -0.3 is 0 Å². The Balaban J connectivity index is 0.000000660. The SMILES string of the molecule is CC.CC.C[C@H]1Cc2ccccc2[C@@H](c2cccc(-c3cccc(F)c3)c2)C1. The molecule has 0 aliphatic heterocycles. The summed E-state index contributed by atoms with van der Waals surface area (Å²) in [6.07, 6.45) is 2.33. The zero-order chi connectivity index (χ0) is 20.5. The van der Waals surface area contributed by atoms with Crippen LogP contribution in [0.3, 0.4) is 0 Å². The number of rotatable bonds is 2. The van der Waals surface area contributed by atoms with Gasteiger partial charge >= 0.3 is 0 Å². The van der Waals surface area contributed by atoms with Gasteiger partial charge in [-0.05, 0) is 58.7 Å². The highest BCUT2D eigenvalue weighted by Gasteiger charge is 2.25. The number of hydrogen-bond donors (Lipinski definition) is 0. The summed E-state index contributed by atoms with van der Waals surface area (Å²) in [6.45, 7) is 10.3. The van der Waals surface area contributed by atoms with E-state index in [1.807, 2.05) is 33.8 Å². The van der Waals surface area contributed by atoms with Crippen LogP contribution in [-0.4, -0.2) is 0 Å². The Morgan fingerprint density at radius 3 is 2.11 bits per heavy atom. The maximum absolute atomic E-state index is 13.6. The summed E-state index contributed by atoms with van der Waals surface area (Å²) < 4.78 is 13.6. The van der Waals surface area contributed by atoms with Crippen molar-refractivity contribution in [2.45, 2.75) is 53.4 Å². The van der Waals surface area contributed by atoms with Crippen molar-refractivity contribution < 1.29 is 4.39 Å². The number of fused-ring (bicyclic) bond motifs is 1. The van der Waals surface area contributed by atoms with Gasteiger partial charge in [0.1, 0.15) is 5.82 Å². The summed E-state index contributed by atoms with van der Waals surface area (Å²) in [5.41, 5.74) is 6.27. The van der Waals surface area contributed by atoms with Crippen molar-refractivity contribution in [3.05, 3.63) is 95.3 Å². The normalized spacial score (nSPS) is 17.4. The summed E-state index contributed by atoms with van der Waals surface area (Å²) in [5.74, 6) is 0.927. The van der Waals surface area contributed by atoms with Crippen LogP contribution in [0.2, 0.25) is 0 Å². The highest BCUT2D eigenvalue weighted by molar-refractivity contribution is 5.64. The quantitative estimate of drug-likeness (QED) is 0.422. The Bertz CT molecular complexity index is 865. The van der Waals surface area contributed by atoms with E-state index in [1.54, 1.807) is 12.1 Å². The Morgan fingerprint density at radius 2 is 1.39 bits per heavy atom. The number of benzene rings is 3. The van der Waals surface area contributed by atoms with Gasteiger partial charge in [-0.15, -0.1) is 0 Å². The van der Waals surface area contributed by atoms with Crippen molar-refractivity contribution in [1.29, 1.82) is 0 Å². The second-order valence-electron chi connectivity index (χ2n) is 6.93. The van der Waals surface area contributed by atoms with Crippen molar-refractivity contribution in [1.82, 2.24) is 0 Å². The molecule has 0 bridgehead atoms. The van der Waals surface area contributed by atoms with Crippen molar-refractivity contribution in [2.24, 2.45) is 5.92 Å². The second kappa shape index (κ2) is 10.8. The van der Waals surface area contributed by atoms with Crippen LogP contribution in [0.15, 0.2) is 72.8 Å². The summed E-state index contributed by atoms with van der Waals surface area (Å²) in [5, 5.41) is 0. The Hall–Kier alpha value is -2.41. The van der Waals surface area contributed by atoms with E-state index in [2.05, 4.69) is 55.5 Å². The van der Waals surface area contributed by atoms with E-state index in [0.29, 0.717) is 11.8 Å². The van der Waals surface area contributed by atoms with Crippen LogP contribution >= 0.6 is 0 Å². The third-order valence-corrected chi connectivity index (χ3v) is 5.08. The van der Waals surface area contributed by atoms with Gasteiger partial charge in [0, 0.05) is 5.92 Å². The molecule has 0 aromatic heterocycles. The fourth-order valence-corrected chi connectivity index (χ4v) is 3.97. The summed E-state index contributed by atoms with van der Waals surface area (Å²) >= 11 is 0. The fourth-order valence-electron chi connectivity index (χ4n) is 3.97. The van der Waals surface area contributed by atoms with Crippen LogP contribution in [0, 0.1) is 11.7 Å². The molecule has 0 N–H and O–H groups in total. The zero-order valence-electron chi connectivity index (χ0n) is 17.9. The molecule has 28 heavy (non-hydrogen) atoms. The van der Waals surface area contributed by atoms with Gasteiger partial charge in [0.2, 0.25) is 0 Å². The molecule has 0 amide bonds. The fraction of sp³-hybridized carbons (Fsp3) is 0.333. The molecule has 1 heteroatoms. The van der Waals surface area contributed by atoms with Gasteiger partial charge in [-0.3, -0.25) is 0 Å². The lowest BCUT2D eigenvalue weighted by molar-refractivity contribution is 0.464. The lowest BCUT2D eigenvalue weighted by atomic mass is 9.74. The molecule has 0 saturated carbocycles. The van der Waals surface area contributed by atoms with Crippen LogP contribution in [0.25, 0.3) is 11.1 Å². The third-order valence-electron chi connectivity index (χ3n) is 5.08. The van der Waals surface area contributed by atoms with Crippen LogP contribution in [0.1, 0.15) is 63.6 Å². The van der Waals surface area contributed by atoms with E-state index in [0.717, 1.165) is 17.5 Å². The average molecular weight is 377 g/mol. The summed E-state index contributed by atoms with van der Waals surface area (Å²) in [7, 11) is 0. The topological polar surface area (TPSA) is 0 Å². The first kappa shape index (κ1) is 21.9. The number of halogens is 1. The molecule has 0 saturated heterocycles. The first-order valence-electron chi connectivity index (χ1n) is 10.6. The second-order valence-corrected chi connectivity index (χ2v) is 6.93. The molecule has 0 heterocycles. The van der Waals surface area contributed by atoms with Crippen LogP contribution in [0.5, 0.6) is 0 Å². The van der Waals surface area contributed by atoms with Gasteiger partial charge in [0.15, 0.2) is 0 Å². The smallest absolute Gasteiger partial charge is 0.123 e. The van der Waals surface area contributed by atoms with E-state index < -0.39 is 0 Å². The van der Waals surface area contributed by atoms with Gasteiger partial charge in [0.05, 0.1) is 0 Å². The maximum atomic E-state index is 13.6. The molecule has 0 unspecified atom stereocenters. The maximum Gasteiger partial charge on any atom is 0.123 e. The van der Waals surface area contributed by atoms with Gasteiger partial charge in [-0.2, -0.15) is 0 Å². The molecule has 0 radical (unpaired) electrons. The van der Waals surface area contributed by atoms with Crippen LogP contribution in [0.4, 0.5) is 4.39 Å². The molecule has 2 atom stereocenters. The standard InChI is InChI=1S/C23H21F.2C2H6/c1-16-12-19-6-2-3-11-22(19)23(13-16)20-9-4-7-17(14-20)18-8-5-10-21(24)15-18;2*1-2/h2-11,14-16,23H,12-13H2,1H3;2*1-2H3/t16-,23+;;/m0../s1. The Kier molecular flexibility index (Phi) is 8.44. The largest absolute Gasteiger partial charge is 0.207 e. The van der Waals surface area contributed by atoms with Gasteiger partial charge in [-0.1, -0.05) is 95.3 Å². The van der Waals surface area contributed by atoms with Crippen LogP contribution < -0.4 is 0 Å². The molecule has 148 valence electrons. The Labute approximate surface area is 170 Å². The highest BCUT2D eigenvalue weighted by atomic mass is 19.1. The molecule has 1 aliphatic carbocycles. The first-order chi connectivity index (χ1) is 13.7. The zero-order valence-corrected chi connectivity index (χ0v) is 17.9. The van der Waals surface area contributed by atoms with Gasteiger partial charge in [-0.25, -0.2) is 4.39 Å². The predicted molar refractivity (Wildman–Crippen MR) is 120 cm³/mol. The first-order valence-corrected chi connectivity index (χ1v) is 10.6. The lowest BCUT2D eigenvalue weighted by Gasteiger charge is -2.30. The van der Waals surface area contributed by atoms with Crippen molar-refractivity contribution >= 4 is 0 Å².